The molecule has 5 heteroatoms. The molecule has 0 fully saturated rings. The van der Waals surface area contributed by atoms with Gasteiger partial charge < -0.3 is 11.1 Å². The Labute approximate surface area is 97.1 Å². The van der Waals surface area contributed by atoms with E-state index in [1.165, 1.54) is 0 Å². The molecule has 82 valence electrons. The summed E-state index contributed by atoms with van der Waals surface area (Å²) in [6.45, 7) is 1.96. The van der Waals surface area contributed by atoms with Crippen molar-refractivity contribution < 1.29 is 4.79 Å². The Kier molecular flexibility index (Phi) is 2.87. The summed E-state index contributed by atoms with van der Waals surface area (Å²) in [4.78, 5) is 15.0. The number of nitrogens with two attached hydrogens (primary N) is 1. The van der Waals surface area contributed by atoms with E-state index < -0.39 is 6.03 Å². The smallest absolute Gasteiger partial charge is 0.316 e. The summed E-state index contributed by atoms with van der Waals surface area (Å²) >= 11 is 1.60. The minimum Gasteiger partial charge on any atom is -0.351 e. The number of rotatable bonds is 2. The van der Waals surface area contributed by atoms with Gasteiger partial charge in [0.15, 0.2) is 0 Å². The molecule has 3 N–H and O–H groups in total. The number of hydrogen-bond acceptors (Lipinski definition) is 3. The van der Waals surface area contributed by atoms with Crippen molar-refractivity contribution in [3.63, 3.8) is 0 Å². The monoisotopic (exact) mass is 233 g/mol. The summed E-state index contributed by atoms with van der Waals surface area (Å²) in [7, 11) is 0. The quantitative estimate of drug-likeness (QED) is 0.837. The highest BCUT2D eigenvalue weighted by molar-refractivity contribution is 7.13. The third kappa shape index (κ3) is 2.38. The van der Waals surface area contributed by atoms with Gasteiger partial charge in [0.2, 0.25) is 0 Å². The molecule has 0 bridgehead atoms. The average molecular weight is 233 g/mol. The van der Waals surface area contributed by atoms with Crippen LogP contribution in [0.1, 0.15) is 5.69 Å². The number of benzene rings is 1. The SMILES string of the molecule is Cc1csc(-c2ccc(NC(N)=O)cc2)n1. The van der Waals surface area contributed by atoms with Crippen LogP contribution in [0.25, 0.3) is 10.6 Å². The Balaban J connectivity index is 2.22. The predicted molar refractivity (Wildman–Crippen MR) is 65.5 cm³/mol. The van der Waals surface area contributed by atoms with Gasteiger partial charge in [-0.25, -0.2) is 9.78 Å². The predicted octanol–water partition coefficient (Wildman–Crippen LogP) is 2.61. The summed E-state index contributed by atoms with van der Waals surface area (Å²) < 4.78 is 0. The number of carbonyl (C=O) groups is 1. The lowest BCUT2D eigenvalue weighted by molar-refractivity contribution is 0.259. The summed E-state index contributed by atoms with van der Waals surface area (Å²) in [6.07, 6.45) is 0. The van der Waals surface area contributed by atoms with Gasteiger partial charge in [0.1, 0.15) is 5.01 Å². The van der Waals surface area contributed by atoms with E-state index in [0.29, 0.717) is 5.69 Å². The fourth-order valence-electron chi connectivity index (χ4n) is 1.32. The Morgan fingerprint density at radius 2 is 2.06 bits per heavy atom. The molecule has 0 aliphatic rings. The number of primary amides is 1. The Bertz CT molecular complexity index is 504. The molecule has 4 nitrogen and oxygen atoms in total. The molecule has 0 unspecified atom stereocenters. The van der Waals surface area contributed by atoms with E-state index in [0.717, 1.165) is 16.3 Å². The number of urea groups is 1. The molecular formula is C11H11N3OS. The first-order valence-electron chi connectivity index (χ1n) is 4.74. The van der Waals surface area contributed by atoms with Gasteiger partial charge in [0.05, 0.1) is 0 Å². The highest BCUT2D eigenvalue weighted by Crippen LogP contribution is 2.24. The largest absolute Gasteiger partial charge is 0.351 e. The molecule has 1 aromatic heterocycles. The van der Waals surface area contributed by atoms with Gasteiger partial charge in [-0.05, 0) is 31.2 Å². The van der Waals surface area contributed by atoms with Crippen LogP contribution in [-0.2, 0) is 0 Å². The summed E-state index contributed by atoms with van der Waals surface area (Å²) in [5.74, 6) is 0. The minimum absolute atomic E-state index is 0.558. The van der Waals surface area contributed by atoms with Gasteiger partial charge in [-0.15, -0.1) is 11.3 Å². The van der Waals surface area contributed by atoms with Crippen LogP contribution in [0, 0.1) is 6.92 Å². The van der Waals surface area contributed by atoms with Crippen molar-refractivity contribution in [3.8, 4) is 10.6 Å². The number of aryl methyl sites for hydroxylation is 1. The maximum absolute atomic E-state index is 10.6. The number of nitrogens with one attached hydrogen (secondary N) is 1. The number of hydrogen-bond donors (Lipinski definition) is 2. The normalized spacial score (nSPS) is 10.1. The van der Waals surface area contributed by atoms with Gasteiger partial charge in [-0.2, -0.15) is 0 Å². The number of anilines is 1. The Hall–Kier alpha value is -1.88. The molecular weight excluding hydrogens is 222 g/mol. The highest BCUT2D eigenvalue weighted by atomic mass is 32.1. The zero-order valence-corrected chi connectivity index (χ0v) is 9.54. The first kappa shape index (κ1) is 10.6. The van der Waals surface area contributed by atoms with Crippen molar-refractivity contribution in [3.05, 3.63) is 35.3 Å². The fourth-order valence-corrected chi connectivity index (χ4v) is 2.13. The van der Waals surface area contributed by atoms with Crippen molar-refractivity contribution in [1.82, 2.24) is 4.98 Å². The molecule has 0 aliphatic heterocycles. The van der Waals surface area contributed by atoms with Crippen LogP contribution < -0.4 is 11.1 Å². The summed E-state index contributed by atoms with van der Waals surface area (Å²) in [5, 5.41) is 5.49. The lowest BCUT2D eigenvalue weighted by atomic mass is 10.2. The maximum Gasteiger partial charge on any atom is 0.316 e. The number of nitrogens with zero attached hydrogens (tertiary/aromatic N) is 1. The van der Waals surface area contributed by atoms with Crippen molar-refractivity contribution in [2.45, 2.75) is 6.92 Å². The van der Waals surface area contributed by atoms with Crippen LogP contribution in [0.15, 0.2) is 29.6 Å². The van der Waals surface area contributed by atoms with Gasteiger partial charge in [0, 0.05) is 22.3 Å². The molecule has 1 aromatic carbocycles. The molecule has 16 heavy (non-hydrogen) atoms. The van der Waals surface area contributed by atoms with Crippen molar-refractivity contribution >= 4 is 23.1 Å². The second kappa shape index (κ2) is 4.32. The van der Waals surface area contributed by atoms with Crippen LogP contribution in [0.3, 0.4) is 0 Å². The molecule has 0 atom stereocenters. The van der Waals surface area contributed by atoms with Crippen LogP contribution >= 0.6 is 11.3 Å². The van der Waals surface area contributed by atoms with E-state index in [4.69, 9.17) is 5.73 Å². The van der Waals surface area contributed by atoms with E-state index in [1.54, 1.807) is 23.5 Å². The van der Waals surface area contributed by atoms with Crippen LogP contribution in [0.4, 0.5) is 10.5 Å². The lowest BCUT2D eigenvalue weighted by Crippen LogP contribution is -2.19. The Morgan fingerprint density at radius 1 is 1.38 bits per heavy atom. The van der Waals surface area contributed by atoms with Crippen LogP contribution in [-0.4, -0.2) is 11.0 Å². The van der Waals surface area contributed by atoms with Gasteiger partial charge in [-0.3, -0.25) is 0 Å². The molecule has 0 spiro atoms. The third-order valence-electron chi connectivity index (χ3n) is 2.02. The van der Waals surface area contributed by atoms with E-state index in [2.05, 4.69) is 10.3 Å². The Morgan fingerprint density at radius 3 is 2.56 bits per heavy atom. The average Bonchev–Trinajstić information content (AvgIpc) is 2.65. The fraction of sp³-hybridized carbons (Fsp3) is 0.0909. The van der Waals surface area contributed by atoms with Gasteiger partial charge >= 0.3 is 6.03 Å². The molecule has 2 aromatic rings. The molecule has 0 saturated carbocycles. The summed E-state index contributed by atoms with van der Waals surface area (Å²) in [6, 6.07) is 6.86. The van der Waals surface area contributed by atoms with E-state index in [1.807, 2.05) is 24.4 Å². The minimum atomic E-state index is -0.558. The first-order chi connectivity index (χ1) is 7.65. The van der Waals surface area contributed by atoms with E-state index in [-0.39, 0.29) is 0 Å². The molecule has 1 heterocycles. The van der Waals surface area contributed by atoms with E-state index in [9.17, 15) is 4.79 Å². The number of thiazole rings is 1. The van der Waals surface area contributed by atoms with E-state index >= 15 is 0 Å². The van der Waals surface area contributed by atoms with Crippen molar-refractivity contribution in [2.75, 3.05) is 5.32 Å². The van der Waals surface area contributed by atoms with Crippen molar-refractivity contribution in [2.24, 2.45) is 5.73 Å². The van der Waals surface area contributed by atoms with Crippen LogP contribution in [0.2, 0.25) is 0 Å². The standard InChI is InChI=1S/C11H11N3OS/c1-7-6-16-10(13-7)8-2-4-9(5-3-8)14-11(12)15/h2-6H,1H3,(H3,12,14,15). The maximum atomic E-state index is 10.6. The second-order valence-corrected chi connectivity index (χ2v) is 4.22. The number of aromatic nitrogens is 1. The topological polar surface area (TPSA) is 68.0 Å². The molecule has 0 saturated heterocycles. The van der Waals surface area contributed by atoms with Gasteiger partial charge in [-0.1, -0.05) is 0 Å². The van der Waals surface area contributed by atoms with Gasteiger partial charge in [0.25, 0.3) is 0 Å². The zero-order chi connectivity index (χ0) is 11.5. The third-order valence-corrected chi connectivity index (χ3v) is 3.03. The lowest BCUT2D eigenvalue weighted by Gasteiger charge is -2.02. The number of carbonyl (C=O) groups excluding carboxylic acids is 1. The second-order valence-electron chi connectivity index (χ2n) is 3.36. The zero-order valence-electron chi connectivity index (χ0n) is 8.73. The first-order valence-corrected chi connectivity index (χ1v) is 5.62. The molecule has 2 rings (SSSR count). The van der Waals surface area contributed by atoms with Crippen LogP contribution in [0.5, 0.6) is 0 Å². The molecule has 0 aliphatic carbocycles. The highest BCUT2D eigenvalue weighted by Gasteiger charge is 2.02. The molecule has 0 radical (unpaired) electrons. The van der Waals surface area contributed by atoms with Crippen molar-refractivity contribution in [1.29, 1.82) is 0 Å². The molecule has 2 amide bonds. The summed E-state index contributed by atoms with van der Waals surface area (Å²) in [5.41, 5.74) is 7.75. The number of amides is 2.